The van der Waals surface area contributed by atoms with E-state index in [0.717, 1.165) is 25.7 Å². The van der Waals surface area contributed by atoms with E-state index < -0.39 is 36.1 Å². The second-order valence-electron chi connectivity index (χ2n) is 6.43. The third kappa shape index (κ3) is 10.5. The average Bonchev–Trinajstić information content (AvgIpc) is 2.35. The lowest BCUT2D eigenvalue weighted by molar-refractivity contribution is -0.154. The average molecular weight is 331 g/mol. The summed E-state index contributed by atoms with van der Waals surface area (Å²) in [6.07, 6.45) is 1.68. The Kier molecular flexibility index (Phi) is 9.29. The number of alkyl carbamates (subject to hydrolysis) is 1. The molecule has 0 saturated carbocycles. The first kappa shape index (κ1) is 21.2. The topological polar surface area (TPSA) is 102 Å². The highest BCUT2D eigenvalue weighted by Gasteiger charge is 2.27. The SMILES string of the molecule is CCCC(CCC)OC(=O)C[C@H](NC(=O)OC(C)(C)C)C(=O)O. The van der Waals surface area contributed by atoms with Crippen molar-refractivity contribution >= 4 is 18.0 Å². The van der Waals surface area contributed by atoms with Crippen LogP contribution in [0.5, 0.6) is 0 Å². The molecule has 0 aliphatic rings. The van der Waals surface area contributed by atoms with Crippen molar-refractivity contribution in [3.05, 3.63) is 0 Å². The van der Waals surface area contributed by atoms with E-state index in [0.29, 0.717) is 0 Å². The quantitative estimate of drug-likeness (QED) is 0.630. The second-order valence-corrected chi connectivity index (χ2v) is 6.43. The molecule has 7 nitrogen and oxygen atoms in total. The summed E-state index contributed by atoms with van der Waals surface area (Å²) in [6.45, 7) is 8.96. The maximum absolute atomic E-state index is 11.9. The predicted octanol–water partition coefficient (Wildman–Crippen LogP) is 2.87. The fourth-order valence-corrected chi connectivity index (χ4v) is 1.96. The molecule has 134 valence electrons. The normalized spacial score (nSPS) is 12.6. The summed E-state index contributed by atoms with van der Waals surface area (Å²) in [7, 11) is 0. The molecule has 0 rings (SSSR count). The van der Waals surface area contributed by atoms with Gasteiger partial charge in [0.2, 0.25) is 0 Å². The van der Waals surface area contributed by atoms with Gasteiger partial charge in [-0.2, -0.15) is 0 Å². The molecule has 0 saturated heterocycles. The zero-order chi connectivity index (χ0) is 18.0. The van der Waals surface area contributed by atoms with Gasteiger partial charge in [0.1, 0.15) is 17.7 Å². The summed E-state index contributed by atoms with van der Waals surface area (Å²) in [4.78, 5) is 34.7. The van der Waals surface area contributed by atoms with Crippen LogP contribution in [0.15, 0.2) is 0 Å². The minimum Gasteiger partial charge on any atom is -0.480 e. The molecule has 0 aromatic rings. The number of carboxylic acid groups (broad SMARTS) is 1. The van der Waals surface area contributed by atoms with Gasteiger partial charge in [-0.05, 0) is 33.6 Å². The molecule has 1 atom stereocenters. The maximum atomic E-state index is 11.9. The Morgan fingerprint density at radius 3 is 2.00 bits per heavy atom. The van der Waals surface area contributed by atoms with Gasteiger partial charge in [0.05, 0.1) is 6.42 Å². The van der Waals surface area contributed by atoms with Crippen molar-refractivity contribution in [1.29, 1.82) is 0 Å². The van der Waals surface area contributed by atoms with Crippen LogP contribution in [0.1, 0.15) is 66.7 Å². The third-order valence-electron chi connectivity index (χ3n) is 2.88. The Hall–Kier alpha value is -1.79. The molecule has 0 aromatic heterocycles. The van der Waals surface area contributed by atoms with E-state index in [1.165, 1.54) is 0 Å². The summed E-state index contributed by atoms with van der Waals surface area (Å²) < 4.78 is 10.3. The molecule has 0 aromatic carbocycles. The Bertz CT molecular complexity index is 396. The van der Waals surface area contributed by atoms with Crippen LogP contribution < -0.4 is 5.32 Å². The Morgan fingerprint density at radius 2 is 1.61 bits per heavy atom. The van der Waals surface area contributed by atoms with E-state index in [2.05, 4.69) is 5.32 Å². The molecule has 1 amide bonds. The van der Waals surface area contributed by atoms with Gasteiger partial charge in [0.15, 0.2) is 0 Å². The summed E-state index contributed by atoms with van der Waals surface area (Å²) >= 11 is 0. The lowest BCUT2D eigenvalue weighted by Crippen LogP contribution is -2.45. The molecule has 0 fully saturated rings. The van der Waals surface area contributed by atoms with Gasteiger partial charge in [-0.15, -0.1) is 0 Å². The highest BCUT2D eigenvalue weighted by molar-refractivity contribution is 5.85. The molecule has 0 heterocycles. The first-order chi connectivity index (χ1) is 10.6. The van der Waals surface area contributed by atoms with Crippen molar-refractivity contribution in [2.75, 3.05) is 0 Å². The van der Waals surface area contributed by atoms with Crippen molar-refractivity contribution in [3.8, 4) is 0 Å². The molecule has 7 heteroatoms. The monoisotopic (exact) mass is 331 g/mol. The number of aliphatic carboxylic acids is 1. The number of carbonyl (C=O) groups is 3. The standard InChI is InChI=1S/C16H29NO6/c1-6-8-11(9-7-2)22-13(18)10-12(14(19)20)17-15(21)23-16(3,4)5/h11-12H,6-10H2,1-5H3,(H,17,21)(H,19,20)/t12-/m0/s1. The fraction of sp³-hybridized carbons (Fsp3) is 0.812. The second kappa shape index (κ2) is 10.1. The van der Waals surface area contributed by atoms with Crippen LogP contribution in [0.4, 0.5) is 4.79 Å². The van der Waals surface area contributed by atoms with Crippen molar-refractivity contribution in [3.63, 3.8) is 0 Å². The van der Waals surface area contributed by atoms with E-state index in [4.69, 9.17) is 14.6 Å². The number of esters is 1. The van der Waals surface area contributed by atoms with E-state index in [9.17, 15) is 14.4 Å². The van der Waals surface area contributed by atoms with Crippen LogP contribution in [0.25, 0.3) is 0 Å². The van der Waals surface area contributed by atoms with Gasteiger partial charge in [0, 0.05) is 0 Å². The minimum absolute atomic E-state index is 0.214. The number of hydrogen-bond acceptors (Lipinski definition) is 5. The fourth-order valence-electron chi connectivity index (χ4n) is 1.96. The third-order valence-corrected chi connectivity index (χ3v) is 2.88. The zero-order valence-electron chi connectivity index (χ0n) is 14.7. The van der Waals surface area contributed by atoms with Crippen LogP contribution in [0.2, 0.25) is 0 Å². The van der Waals surface area contributed by atoms with Crippen LogP contribution in [-0.2, 0) is 19.1 Å². The molecule has 0 spiro atoms. The Balaban J connectivity index is 4.59. The first-order valence-corrected chi connectivity index (χ1v) is 8.00. The number of carbonyl (C=O) groups excluding carboxylic acids is 2. The lowest BCUT2D eigenvalue weighted by Gasteiger charge is -2.22. The van der Waals surface area contributed by atoms with Gasteiger partial charge in [0.25, 0.3) is 0 Å². The largest absolute Gasteiger partial charge is 0.480 e. The van der Waals surface area contributed by atoms with Gasteiger partial charge in [-0.25, -0.2) is 9.59 Å². The summed E-state index contributed by atoms with van der Waals surface area (Å²) in [5.74, 6) is -1.95. The molecular weight excluding hydrogens is 302 g/mol. The van der Waals surface area contributed by atoms with Crippen molar-refractivity contribution < 1.29 is 29.0 Å². The number of amides is 1. The van der Waals surface area contributed by atoms with Crippen LogP contribution >= 0.6 is 0 Å². The summed E-state index contributed by atoms with van der Waals surface area (Å²) in [5, 5.41) is 11.3. The van der Waals surface area contributed by atoms with Gasteiger partial charge in [-0.3, -0.25) is 4.79 Å². The zero-order valence-corrected chi connectivity index (χ0v) is 14.7. The molecule has 0 aliphatic heterocycles. The van der Waals surface area contributed by atoms with Crippen LogP contribution in [0, 0.1) is 0 Å². The maximum Gasteiger partial charge on any atom is 0.408 e. The Morgan fingerprint density at radius 1 is 1.09 bits per heavy atom. The van der Waals surface area contributed by atoms with Crippen molar-refractivity contribution in [2.24, 2.45) is 0 Å². The van der Waals surface area contributed by atoms with Gasteiger partial charge < -0.3 is 19.9 Å². The van der Waals surface area contributed by atoms with Gasteiger partial charge >= 0.3 is 18.0 Å². The molecular formula is C16H29NO6. The highest BCUT2D eigenvalue weighted by atomic mass is 16.6. The minimum atomic E-state index is -1.37. The van der Waals surface area contributed by atoms with Crippen LogP contribution in [-0.4, -0.2) is 40.9 Å². The smallest absolute Gasteiger partial charge is 0.408 e. The molecule has 0 unspecified atom stereocenters. The predicted molar refractivity (Wildman–Crippen MR) is 85.1 cm³/mol. The number of rotatable bonds is 9. The summed E-state index contributed by atoms with van der Waals surface area (Å²) in [6, 6.07) is -1.37. The molecule has 0 aliphatic carbocycles. The highest BCUT2D eigenvalue weighted by Crippen LogP contribution is 2.12. The molecule has 0 bridgehead atoms. The number of ether oxygens (including phenoxy) is 2. The number of nitrogens with one attached hydrogen (secondary N) is 1. The summed E-state index contributed by atoms with van der Waals surface area (Å²) in [5.41, 5.74) is -0.749. The molecule has 2 N–H and O–H groups in total. The first-order valence-electron chi connectivity index (χ1n) is 8.00. The number of carboxylic acids is 1. The molecule has 0 radical (unpaired) electrons. The van der Waals surface area contributed by atoms with E-state index in [1.54, 1.807) is 20.8 Å². The Labute approximate surface area is 137 Å². The van der Waals surface area contributed by atoms with Gasteiger partial charge in [-0.1, -0.05) is 26.7 Å². The van der Waals surface area contributed by atoms with Crippen LogP contribution in [0.3, 0.4) is 0 Å². The number of hydrogen-bond donors (Lipinski definition) is 2. The van der Waals surface area contributed by atoms with Crippen molar-refractivity contribution in [1.82, 2.24) is 5.32 Å². The lowest BCUT2D eigenvalue weighted by atomic mass is 10.1. The van der Waals surface area contributed by atoms with Crippen molar-refractivity contribution in [2.45, 2.75) is 84.5 Å². The molecule has 23 heavy (non-hydrogen) atoms. The van der Waals surface area contributed by atoms with E-state index in [1.807, 2.05) is 13.8 Å². The van der Waals surface area contributed by atoms with E-state index in [-0.39, 0.29) is 6.10 Å². The van der Waals surface area contributed by atoms with E-state index >= 15 is 0 Å².